The highest BCUT2D eigenvalue weighted by Crippen LogP contribution is 2.16. The molecular formula is C15H12N4O2. The lowest BCUT2D eigenvalue weighted by atomic mass is 10.1. The Morgan fingerprint density at radius 1 is 1.14 bits per heavy atom. The first-order chi connectivity index (χ1) is 10.3. The van der Waals surface area contributed by atoms with Gasteiger partial charge < -0.3 is 9.84 Å². The maximum Gasteiger partial charge on any atom is 0.290 e. The molecule has 0 aliphatic heterocycles. The van der Waals surface area contributed by atoms with Crippen LogP contribution in [-0.2, 0) is 6.54 Å². The van der Waals surface area contributed by atoms with Gasteiger partial charge in [-0.05, 0) is 6.07 Å². The van der Waals surface area contributed by atoms with Crippen LogP contribution in [0, 0.1) is 0 Å². The number of benzene rings is 1. The third-order valence-corrected chi connectivity index (χ3v) is 2.88. The zero-order valence-electron chi connectivity index (χ0n) is 11.1. The molecule has 1 amide bonds. The number of nitrogens with one attached hydrogen (secondary N) is 1. The van der Waals surface area contributed by atoms with E-state index in [1.54, 1.807) is 0 Å². The average molecular weight is 280 g/mol. The first-order valence-electron chi connectivity index (χ1n) is 6.38. The van der Waals surface area contributed by atoms with Crippen molar-refractivity contribution in [3.8, 4) is 11.3 Å². The van der Waals surface area contributed by atoms with E-state index in [-0.39, 0.29) is 11.7 Å². The van der Waals surface area contributed by atoms with Gasteiger partial charge in [0.05, 0.1) is 24.1 Å². The number of nitrogens with zero attached hydrogens (tertiary/aromatic N) is 3. The molecular weight excluding hydrogens is 268 g/mol. The molecule has 2 heterocycles. The van der Waals surface area contributed by atoms with Gasteiger partial charge in [0.2, 0.25) is 5.76 Å². The van der Waals surface area contributed by atoms with Crippen LogP contribution in [-0.4, -0.2) is 21.0 Å². The zero-order valence-corrected chi connectivity index (χ0v) is 11.1. The Kier molecular flexibility index (Phi) is 3.68. The molecule has 104 valence electrons. The molecule has 3 rings (SSSR count). The Morgan fingerprint density at radius 3 is 2.76 bits per heavy atom. The fourth-order valence-corrected chi connectivity index (χ4v) is 1.85. The second kappa shape index (κ2) is 5.96. The minimum atomic E-state index is -0.327. The molecule has 6 heteroatoms. The van der Waals surface area contributed by atoms with E-state index in [4.69, 9.17) is 4.52 Å². The topological polar surface area (TPSA) is 80.9 Å². The first kappa shape index (κ1) is 13.0. The number of rotatable bonds is 4. The van der Waals surface area contributed by atoms with E-state index in [2.05, 4.69) is 20.4 Å². The standard InChI is InChI=1S/C15H12N4O2/c20-15(14-6-7-19-21-14)16-9-12-8-13(18-10-17-12)11-4-2-1-3-5-11/h1-8,10H,9H2,(H,16,20). The van der Waals surface area contributed by atoms with E-state index < -0.39 is 0 Å². The van der Waals surface area contributed by atoms with Crippen molar-refractivity contribution in [3.63, 3.8) is 0 Å². The molecule has 0 aliphatic rings. The SMILES string of the molecule is O=C(NCc1cc(-c2ccccc2)ncn1)c1ccno1. The lowest BCUT2D eigenvalue weighted by Crippen LogP contribution is -2.22. The van der Waals surface area contributed by atoms with E-state index >= 15 is 0 Å². The minimum absolute atomic E-state index is 0.173. The highest BCUT2D eigenvalue weighted by atomic mass is 16.5. The van der Waals surface area contributed by atoms with Crippen molar-refractivity contribution in [1.82, 2.24) is 20.4 Å². The maximum absolute atomic E-state index is 11.7. The molecule has 0 bridgehead atoms. The van der Waals surface area contributed by atoms with Crippen molar-refractivity contribution >= 4 is 5.91 Å². The summed E-state index contributed by atoms with van der Waals surface area (Å²) >= 11 is 0. The Balaban J connectivity index is 1.71. The molecule has 0 saturated heterocycles. The number of amides is 1. The molecule has 21 heavy (non-hydrogen) atoms. The Labute approximate surface area is 120 Å². The van der Waals surface area contributed by atoms with Crippen LogP contribution < -0.4 is 5.32 Å². The Morgan fingerprint density at radius 2 is 2.00 bits per heavy atom. The number of aromatic nitrogens is 3. The summed E-state index contributed by atoms with van der Waals surface area (Å²) in [4.78, 5) is 20.1. The fraction of sp³-hybridized carbons (Fsp3) is 0.0667. The van der Waals surface area contributed by atoms with Gasteiger partial charge in [0.1, 0.15) is 6.33 Å². The third-order valence-electron chi connectivity index (χ3n) is 2.88. The van der Waals surface area contributed by atoms with Crippen molar-refractivity contribution in [2.45, 2.75) is 6.54 Å². The van der Waals surface area contributed by atoms with Gasteiger partial charge >= 0.3 is 0 Å². The van der Waals surface area contributed by atoms with Crippen molar-refractivity contribution in [3.05, 3.63) is 66.4 Å². The predicted molar refractivity (Wildman–Crippen MR) is 75.1 cm³/mol. The van der Waals surface area contributed by atoms with Crippen molar-refractivity contribution in [2.24, 2.45) is 0 Å². The molecule has 0 atom stereocenters. The van der Waals surface area contributed by atoms with Gasteiger partial charge in [-0.15, -0.1) is 0 Å². The summed E-state index contributed by atoms with van der Waals surface area (Å²) in [5.41, 5.74) is 2.54. The predicted octanol–water partition coefficient (Wildman–Crippen LogP) is 2.06. The van der Waals surface area contributed by atoms with E-state index in [1.165, 1.54) is 18.6 Å². The molecule has 0 radical (unpaired) electrons. The van der Waals surface area contributed by atoms with E-state index in [1.807, 2.05) is 36.4 Å². The van der Waals surface area contributed by atoms with Crippen LogP contribution in [0.2, 0.25) is 0 Å². The number of hydrogen-bond acceptors (Lipinski definition) is 5. The number of hydrogen-bond donors (Lipinski definition) is 1. The van der Waals surface area contributed by atoms with Gasteiger partial charge in [0.15, 0.2) is 0 Å². The Bertz CT molecular complexity index is 726. The minimum Gasteiger partial charge on any atom is -0.351 e. The summed E-state index contributed by atoms with van der Waals surface area (Å²) in [7, 11) is 0. The van der Waals surface area contributed by atoms with Crippen LogP contribution in [0.1, 0.15) is 16.2 Å². The molecule has 3 aromatic rings. The van der Waals surface area contributed by atoms with Crippen LogP contribution in [0.3, 0.4) is 0 Å². The lowest BCUT2D eigenvalue weighted by Gasteiger charge is -2.05. The van der Waals surface area contributed by atoms with Crippen LogP contribution in [0.25, 0.3) is 11.3 Å². The van der Waals surface area contributed by atoms with Gasteiger partial charge in [-0.2, -0.15) is 0 Å². The van der Waals surface area contributed by atoms with Crippen molar-refractivity contribution in [1.29, 1.82) is 0 Å². The van der Waals surface area contributed by atoms with Gasteiger partial charge in [0.25, 0.3) is 5.91 Å². The molecule has 0 saturated carbocycles. The van der Waals surface area contributed by atoms with Crippen LogP contribution in [0.5, 0.6) is 0 Å². The Hall–Kier alpha value is -3.02. The monoisotopic (exact) mass is 280 g/mol. The first-order valence-corrected chi connectivity index (χ1v) is 6.38. The lowest BCUT2D eigenvalue weighted by molar-refractivity contribution is 0.0913. The molecule has 0 spiro atoms. The number of carbonyl (C=O) groups excluding carboxylic acids is 1. The summed E-state index contributed by atoms with van der Waals surface area (Å²) in [6, 6.07) is 13.1. The van der Waals surface area contributed by atoms with Gasteiger partial charge in [-0.25, -0.2) is 9.97 Å². The third kappa shape index (κ3) is 3.11. The molecule has 2 aromatic heterocycles. The summed E-state index contributed by atoms with van der Waals surface area (Å²) in [5.74, 6) is -0.153. The molecule has 1 aromatic carbocycles. The van der Waals surface area contributed by atoms with E-state index in [0.29, 0.717) is 6.54 Å². The number of carbonyl (C=O) groups is 1. The van der Waals surface area contributed by atoms with Crippen molar-refractivity contribution in [2.75, 3.05) is 0 Å². The fourth-order valence-electron chi connectivity index (χ4n) is 1.85. The molecule has 0 aliphatic carbocycles. The average Bonchev–Trinajstić information content (AvgIpc) is 3.08. The zero-order chi connectivity index (χ0) is 14.5. The summed E-state index contributed by atoms with van der Waals surface area (Å²) in [5, 5.41) is 6.21. The smallest absolute Gasteiger partial charge is 0.290 e. The largest absolute Gasteiger partial charge is 0.351 e. The second-order valence-electron chi connectivity index (χ2n) is 4.32. The van der Waals surface area contributed by atoms with Crippen LogP contribution in [0.15, 0.2) is 59.5 Å². The summed E-state index contributed by atoms with van der Waals surface area (Å²) in [6.07, 6.45) is 2.91. The molecule has 0 fully saturated rings. The van der Waals surface area contributed by atoms with Crippen molar-refractivity contribution < 1.29 is 9.32 Å². The normalized spacial score (nSPS) is 10.3. The van der Waals surface area contributed by atoms with E-state index in [0.717, 1.165) is 17.0 Å². The maximum atomic E-state index is 11.7. The van der Waals surface area contributed by atoms with E-state index in [9.17, 15) is 4.79 Å². The highest BCUT2D eigenvalue weighted by Gasteiger charge is 2.09. The van der Waals surface area contributed by atoms with Gasteiger partial charge in [-0.3, -0.25) is 4.79 Å². The quantitative estimate of drug-likeness (QED) is 0.791. The second-order valence-corrected chi connectivity index (χ2v) is 4.32. The molecule has 0 unspecified atom stereocenters. The highest BCUT2D eigenvalue weighted by molar-refractivity contribution is 5.91. The van der Waals surface area contributed by atoms with Crippen LogP contribution >= 0.6 is 0 Å². The summed E-state index contributed by atoms with van der Waals surface area (Å²) < 4.78 is 4.78. The van der Waals surface area contributed by atoms with Crippen LogP contribution in [0.4, 0.5) is 0 Å². The molecule has 1 N–H and O–H groups in total. The van der Waals surface area contributed by atoms with Gasteiger partial charge in [-0.1, -0.05) is 35.5 Å². The summed E-state index contributed by atoms with van der Waals surface area (Å²) in [6.45, 7) is 0.294. The van der Waals surface area contributed by atoms with Gasteiger partial charge in [0, 0.05) is 11.6 Å². The molecule has 6 nitrogen and oxygen atoms in total.